The second-order valence-corrected chi connectivity index (χ2v) is 5.79. The molecule has 2 N–H and O–H groups in total. The minimum absolute atomic E-state index is 0.599. The van der Waals surface area contributed by atoms with Crippen molar-refractivity contribution in [1.29, 1.82) is 0 Å². The first kappa shape index (κ1) is 12.6. The molecule has 1 heterocycles. The molecule has 0 spiro atoms. The first-order chi connectivity index (χ1) is 8.19. The lowest BCUT2D eigenvalue weighted by molar-refractivity contribution is 0.927. The van der Waals surface area contributed by atoms with Crippen LogP contribution in [0.15, 0.2) is 40.2 Å². The Hall–Kier alpha value is -0.840. The third kappa shape index (κ3) is 3.31. The molecular weight excluding hydrogens is 296 g/mol. The molecule has 0 aliphatic carbocycles. The number of benzene rings is 1. The van der Waals surface area contributed by atoms with Crippen LogP contribution in [-0.2, 0) is 13.1 Å². The lowest BCUT2D eigenvalue weighted by Gasteiger charge is -2.17. The maximum Gasteiger partial charge on any atom is 0.0920 e. The van der Waals surface area contributed by atoms with Gasteiger partial charge in [-0.05, 0) is 33.1 Å². The largest absolute Gasteiger partial charge is 0.362 e. The van der Waals surface area contributed by atoms with Gasteiger partial charge < -0.3 is 10.6 Å². The molecule has 0 atom stereocenters. The van der Waals surface area contributed by atoms with Crippen molar-refractivity contribution in [2.24, 2.45) is 5.73 Å². The fourth-order valence-corrected chi connectivity index (χ4v) is 3.10. The fraction of sp³-hybridized carbons (Fsp3) is 0.231. The average Bonchev–Trinajstić information content (AvgIpc) is 2.76. The van der Waals surface area contributed by atoms with Crippen molar-refractivity contribution in [2.75, 3.05) is 11.9 Å². The molecule has 1 aromatic heterocycles. The van der Waals surface area contributed by atoms with Gasteiger partial charge in [-0.2, -0.15) is 0 Å². The minimum atomic E-state index is 0.599. The van der Waals surface area contributed by atoms with Crippen molar-refractivity contribution in [3.63, 3.8) is 0 Å². The molecular formula is C13H15BrN2S. The summed E-state index contributed by atoms with van der Waals surface area (Å²) in [7, 11) is 2.10. The Labute approximate surface area is 114 Å². The van der Waals surface area contributed by atoms with Crippen LogP contribution in [0.25, 0.3) is 0 Å². The van der Waals surface area contributed by atoms with Gasteiger partial charge in [0, 0.05) is 30.0 Å². The van der Waals surface area contributed by atoms with Crippen molar-refractivity contribution < 1.29 is 0 Å². The Kier molecular flexibility index (Phi) is 4.20. The van der Waals surface area contributed by atoms with Crippen LogP contribution in [0.1, 0.15) is 11.1 Å². The van der Waals surface area contributed by atoms with E-state index >= 15 is 0 Å². The number of hydrogen-bond donors (Lipinski definition) is 1. The molecule has 0 aliphatic rings. The zero-order valence-corrected chi connectivity index (χ0v) is 12.1. The quantitative estimate of drug-likeness (QED) is 0.935. The molecule has 0 saturated carbocycles. The summed E-state index contributed by atoms with van der Waals surface area (Å²) >= 11 is 5.22. The maximum atomic E-state index is 5.65. The first-order valence-electron chi connectivity index (χ1n) is 5.42. The monoisotopic (exact) mass is 310 g/mol. The van der Waals surface area contributed by atoms with Gasteiger partial charge in [-0.3, -0.25) is 0 Å². The highest BCUT2D eigenvalue weighted by molar-refractivity contribution is 9.10. The molecule has 0 aliphatic heterocycles. The Morgan fingerprint density at radius 3 is 2.71 bits per heavy atom. The predicted molar refractivity (Wildman–Crippen MR) is 78.5 cm³/mol. The molecule has 0 fully saturated rings. The molecule has 17 heavy (non-hydrogen) atoms. The van der Waals surface area contributed by atoms with Gasteiger partial charge in [0.05, 0.1) is 5.00 Å². The Morgan fingerprint density at radius 1 is 1.29 bits per heavy atom. The van der Waals surface area contributed by atoms with Crippen molar-refractivity contribution in [3.05, 3.63) is 51.3 Å². The molecule has 2 rings (SSSR count). The number of anilines is 1. The van der Waals surface area contributed by atoms with E-state index in [2.05, 4.69) is 63.6 Å². The van der Waals surface area contributed by atoms with E-state index in [0.717, 1.165) is 11.0 Å². The minimum Gasteiger partial charge on any atom is -0.362 e. The third-order valence-electron chi connectivity index (χ3n) is 2.58. The molecule has 4 heteroatoms. The van der Waals surface area contributed by atoms with E-state index in [1.54, 1.807) is 11.3 Å². The van der Waals surface area contributed by atoms with Crippen molar-refractivity contribution in [2.45, 2.75) is 13.1 Å². The summed E-state index contributed by atoms with van der Waals surface area (Å²) in [5, 5.41) is 3.36. The zero-order valence-electron chi connectivity index (χ0n) is 9.69. The fourth-order valence-electron chi connectivity index (χ4n) is 1.71. The summed E-state index contributed by atoms with van der Waals surface area (Å²) in [4.78, 5) is 2.24. The standard InChI is InChI=1S/C13H15BrN2S/c1-16(13-6-12(14)9-17-13)8-11-4-2-3-10(5-11)7-15/h2-6,9H,7-8,15H2,1H3. The number of halogens is 1. The molecule has 0 saturated heterocycles. The SMILES string of the molecule is CN(Cc1cccc(CN)c1)c1cc(Br)cs1. The predicted octanol–water partition coefficient (Wildman–Crippen LogP) is 3.61. The first-order valence-corrected chi connectivity index (χ1v) is 7.09. The number of rotatable bonds is 4. The number of hydrogen-bond acceptors (Lipinski definition) is 3. The van der Waals surface area contributed by atoms with E-state index < -0.39 is 0 Å². The van der Waals surface area contributed by atoms with Crippen LogP contribution in [0, 0.1) is 0 Å². The molecule has 1 aromatic carbocycles. The van der Waals surface area contributed by atoms with Crippen LogP contribution < -0.4 is 10.6 Å². The number of thiophene rings is 1. The van der Waals surface area contributed by atoms with Gasteiger partial charge >= 0.3 is 0 Å². The van der Waals surface area contributed by atoms with E-state index in [1.165, 1.54) is 16.1 Å². The van der Waals surface area contributed by atoms with Gasteiger partial charge in [0.1, 0.15) is 0 Å². The molecule has 0 radical (unpaired) electrons. The second-order valence-electron chi connectivity index (χ2n) is 3.98. The van der Waals surface area contributed by atoms with Crippen molar-refractivity contribution in [1.82, 2.24) is 0 Å². The topological polar surface area (TPSA) is 29.3 Å². The summed E-state index contributed by atoms with van der Waals surface area (Å²) in [5.74, 6) is 0. The van der Waals surface area contributed by atoms with E-state index in [4.69, 9.17) is 5.73 Å². The van der Waals surface area contributed by atoms with Crippen molar-refractivity contribution >= 4 is 32.3 Å². The normalized spacial score (nSPS) is 10.5. The van der Waals surface area contributed by atoms with Gasteiger partial charge in [0.15, 0.2) is 0 Å². The van der Waals surface area contributed by atoms with Gasteiger partial charge in [0.25, 0.3) is 0 Å². The van der Waals surface area contributed by atoms with Crippen LogP contribution in [0.2, 0.25) is 0 Å². The summed E-state index contributed by atoms with van der Waals surface area (Å²) in [6, 6.07) is 10.6. The lowest BCUT2D eigenvalue weighted by atomic mass is 10.1. The van der Waals surface area contributed by atoms with Crippen LogP contribution in [0.4, 0.5) is 5.00 Å². The van der Waals surface area contributed by atoms with Crippen LogP contribution in [0.3, 0.4) is 0 Å². The third-order valence-corrected chi connectivity index (χ3v) is 4.38. The van der Waals surface area contributed by atoms with Crippen molar-refractivity contribution in [3.8, 4) is 0 Å². The van der Waals surface area contributed by atoms with E-state index in [9.17, 15) is 0 Å². The number of nitrogens with zero attached hydrogens (tertiary/aromatic N) is 1. The highest BCUT2D eigenvalue weighted by atomic mass is 79.9. The Bertz CT molecular complexity index is 496. The highest BCUT2D eigenvalue weighted by Gasteiger charge is 2.05. The average molecular weight is 311 g/mol. The summed E-state index contributed by atoms with van der Waals surface area (Å²) in [6.07, 6.45) is 0. The van der Waals surface area contributed by atoms with Gasteiger partial charge in [-0.25, -0.2) is 0 Å². The summed E-state index contributed by atoms with van der Waals surface area (Å²) in [5.41, 5.74) is 8.12. The molecule has 2 aromatic rings. The zero-order chi connectivity index (χ0) is 12.3. The highest BCUT2D eigenvalue weighted by Crippen LogP contribution is 2.28. The maximum absolute atomic E-state index is 5.65. The van der Waals surface area contributed by atoms with Gasteiger partial charge in [0.2, 0.25) is 0 Å². The Morgan fingerprint density at radius 2 is 2.06 bits per heavy atom. The molecule has 0 unspecified atom stereocenters. The van der Waals surface area contributed by atoms with Gasteiger partial charge in [-0.1, -0.05) is 24.3 Å². The summed E-state index contributed by atoms with van der Waals surface area (Å²) < 4.78 is 1.14. The molecule has 90 valence electrons. The van der Waals surface area contributed by atoms with E-state index in [-0.39, 0.29) is 0 Å². The molecule has 0 amide bonds. The summed E-state index contributed by atoms with van der Waals surface area (Å²) in [6.45, 7) is 1.50. The number of nitrogens with two attached hydrogens (primary N) is 1. The Balaban J connectivity index is 2.09. The van der Waals surface area contributed by atoms with Crippen LogP contribution >= 0.6 is 27.3 Å². The molecule has 2 nitrogen and oxygen atoms in total. The molecule has 0 bridgehead atoms. The lowest BCUT2D eigenvalue weighted by Crippen LogP contribution is -2.15. The smallest absolute Gasteiger partial charge is 0.0920 e. The second kappa shape index (κ2) is 5.67. The van der Waals surface area contributed by atoms with E-state index in [0.29, 0.717) is 6.54 Å². The van der Waals surface area contributed by atoms with E-state index in [1.807, 2.05) is 0 Å². The van der Waals surface area contributed by atoms with Gasteiger partial charge in [-0.15, -0.1) is 11.3 Å². The van der Waals surface area contributed by atoms with Crippen LogP contribution in [-0.4, -0.2) is 7.05 Å². The van der Waals surface area contributed by atoms with Crippen LogP contribution in [0.5, 0.6) is 0 Å².